The maximum atomic E-state index is 13.1. The smallest absolute Gasteiger partial charge is 0.410 e. The lowest BCUT2D eigenvalue weighted by atomic mass is 9.84. The Labute approximate surface area is 207 Å². The average molecular weight is 538 g/mol. The molecule has 1 saturated carbocycles. The van der Waals surface area contributed by atoms with Gasteiger partial charge < -0.3 is 19.1 Å². The first-order valence-electron chi connectivity index (χ1n) is 11.7. The van der Waals surface area contributed by atoms with E-state index in [-0.39, 0.29) is 17.7 Å². The molecule has 4 rings (SSSR count). The zero-order chi connectivity index (χ0) is 23.6. The molecule has 1 aliphatic carbocycles. The first-order valence-corrected chi connectivity index (χ1v) is 13.3. The van der Waals surface area contributed by atoms with E-state index in [2.05, 4.69) is 25.8 Å². The van der Waals surface area contributed by atoms with Crippen LogP contribution in [0, 0.1) is 5.92 Å². The minimum atomic E-state index is -0.512. The molecule has 3 heterocycles. The van der Waals surface area contributed by atoms with E-state index >= 15 is 0 Å². The maximum Gasteiger partial charge on any atom is 0.410 e. The first kappa shape index (κ1) is 24.3. The molecule has 1 saturated heterocycles. The molecule has 7 nitrogen and oxygen atoms in total. The number of rotatable bonds is 6. The van der Waals surface area contributed by atoms with Gasteiger partial charge in [0.05, 0.1) is 12.6 Å². The lowest BCUT2D eigenvalue weighted by Gasteiger charge is -2.43. The fourth-order valence-corrected chi connectivity index (χ4v) is 5.80. The van der Waals surface area contributed by atoms with Gasteiger partial charge in [0.1, 0.15) is 5.60 Å². The predicted octanol–water partition coefficient (Wildman–Crippen LogP) is 5.12. The van der Waals surface area contributed by atoms with E-state index in [0.717, 1.165) is 47.0 Å². The number of nitrogens with zero attached hydrogens (tertiary/aromatic N) is 4. The van der Waals surface area contributed by atoms with Crippen LogP contribution in [0.25, 0.3) is 0 Å². The Bertz CT molecular complexity index is 1030. The summed E-state index contributed by atoms with van der Waals surface area (Å²) >= 11 is 4.90. The van der Waals surface area contributed by atoms with Crippen LogP contribution >= 0.6 is 27.3 Å². The van der Waals surface area contributed by atoms with E-state index in [4.69, 9.17) is 4.74 Å². The Morgan fingerprint density at radius 3 is 2.70 bits per heavy atom. The van der Waals surface area contributed by atoms with Crippen molar-refractivity contribution >= 4 is 39.0 Å². The van der Waals surface area contributed by atoms with E-state index in [1.54, 1.807) is 16.8 Å². The Morgan fingerprint density at radius 1 is 1.30 bits per heavy atom. The van der Waals surface area contributed by atoms with Crippen molar-refractivity contribution in [3.05, 3.63) is 43.7 Å². The van der Waals surface area contributed by atoms with Crippen LogP contribution in [0.1, 0.15) is 57.8 Å². The fraction of sp³-hybridized carbons (Fsp3) is 0.625. The third-order valence-corrected chi connectivity index (χ3v) is 7.80. The van der Waals surface area contributed by atoms with E-state index in [0.29, 0.717) is 12.5 Å². The number of pyridine rings is 1. The topological polar surface area (TPSA) is 67.7 Å². The monoisotopic (exact) mass is 536 g/mol. The van der Waals surface area contributed by atoms with Crippen LogP contribution in [0.5, 0.6) is 0 Å². The van der Waals surface area contributed by atoms with Gasteiger partial charge in [0.2, 0.25) is 0 Å². The molecule has 1 amide bonds. The number of carbonyl (C=O) groups excluding carboxylic acids is 1. The molecule has 2 fully saturated rings. The van der Waals surface area contributed by atoms with Crippen molar-refractivity contribution in [1.82, 2.24) is 14.5 Å². The number of anilines is 1. The van der Waals surface area contributed by atoms with Gasteiger partial charge in [-0.05, 0) is 74.4 Å². The number of aromatic nitrogens is 2. The summed E-state index contributed by atoms with van der Waals surface area (Å²) in [5, 5.41) is 0. The Morgan fingerprint density at radius 2 is 2.09 bits per heavy atom. The molecule has 33 heavy (non-hydrogen) atoms. The van der Waals surface area contributed by atoms with Crippen molar-refractivity contribution in [1.29, 1.82) is 0 Å². The highest BCUT2D eigenvalue weighted by Gasteiger charge is 2.34. The summed E-state index contributed by atoms with van der Waals surface area (Å²) in [4.78, 5) is 35.3. The first-order chi connectivity index (χ1) is 15.7. The van der Waals surface area contributed by atoms with Gasteiger partial charge in [0.15, 0.2) is 3.92 Å². The van der Waals surface area contributed by atoms with Crippen molar-refractivity contribution in [2.24, 2.45) is 5.92 Å². The number of carbonyl (C=O) groups is 1. The summed E-state index contributed by atoms with van der Waals surface area (Å²) in [5.41, 5.74) is 0.374. The molecule has 9 heteroatoms. The molecule has 1 aliphatic heterocycles. The number of thiazole rings is 1. The second-order valence-electron chi connectivity index (χ2n) is 10.1. The van der Waals surface area contributed by atoms with Crippen molar-refractivity contribution < 1.29 is 9.53 Å². The van der Waals surface area contributed by atoms with Gasteiger partial charge in [0, 0.05) is 48.7 Å². The zero-order valence-corrected chi connectivity index (χ0v) is 22.0. The van der Waals surface area contributed by atoms with Crippen LogP contribution in [0.15, 0.2) is 33.2 Å². The second kappa shape index (κ2) is 10.2. The van der Waals surface area contributed by atoms with Crippen molar-refractivity contribution in [2.75, 3.05) is 24.5 Å². The molecule has 0 aromatic carbocycles. The summed E-state index contributed by atoms with van der Waals surface area (Å²) in [6.07, 6.45) is 8.98. The van der Waals surface area contributed by atoms with Gasteiger partial charge in [-0.1, -0.05) is 6.42 Å². The fourth-order valence-electron chi connectivity index (χ4n) is 4.44. The Kier molecular flexibility index (Phi) is 7.48. The van der Waals surface area contributed by atoms with Gasteiger partial charge in [0.25, 0.3) is 5.56 Å². The number of hydrogen-bond donors (Lipinski definition) is 0. The van der Waals surface area contributed by atoms with Gasteiger partial charge in [-0.3, -0.25) is 4.79 Å². The van der Waals surface area contributed by atoms with Crippen LogP contribution in [0.3, 0.4) is 0 Å². The Hall–Kier alpha value is -1.87. The molecule has 0 bridgehead atoms. The predicted molar refractivity (Wildman–Crippen MR) is 135 cm³/mol. The molecule has 1 atom stereocenters. The summed E-state index contributed by atoms with van der Waals surface area (Å²) in [7, 11) is 0. The molecule has 0 N–H and O–H groups in total. The normalized spacial score (nSPS) is 19.3. The molecule has 2 aromatic rings. The molecule has 180 valence electrons. The molecule has 0 radical (unpaired) electrons. The van der Waals surface area contributed by atoms with Crippen LogP contribution in [-0.4, -0.2) is 51.8 Å². The number of halogens is 1. The van der Waals surface area contributed by atoms with Crippen LogP contribution in [0.2, 0.25) is 0 Å². The molecule has 0 unspecified atom stereocenters. The lowest BCUT2D eigenvalue weighted by molar-refractivity contribution is 0.00736. The van der Waals surface area contributed by atoms with E-state index in [1.807, 2.05) is 37.9 Å². The van der Waals surface area contributed by atoms with Gasteiger partial charge in [-0.2, -0.15) is 0 Å². The highest BCUT2D eigenvalue weighted by molar-refractivity contribution is 9.11. The molecule has 0 spiro atoms. The summed E-state index contributed by atoms with van der Waals surface area (Å²) < 4.78 is 8.28. The summed E-state index contributed by atoms with van der Waals surface area (Å²) in [5.74, 6) is 0.573. The number of piperidine rings is 1. The number of amides is 1. The average Bonchev–Trinajstić information content (AvgIpc) is 3.12. The largest absolute Gasteiger partial charge is 0.444 e. The van der Waals surface area contributed by atoms with Crippen molar-refractivity contribution in [3.63, 3.8) is 0 Å². The minimum Gasteiger partial charge on any atom is -0.444 e. The van der Waals surface area contributed by atoms with Crippen LogP contribution in [-0.2, 0) is 11.3 Å². The standard InChI is InChI=1S/C24H33BrN4O3S/c1-24(2,3)32-23(31)29(14-17-6-4-7-17)19-8-5-10-27(15-19)18-9-11-28(21(30)12-18)16-20-13-26-22(25)33-20/h9,11-13,17,19H,4-8,10,14-16H2,1-3H3/t19-/m1/s1. The van der Waals surface area contributed by atoms with Crippen molar-refractivity contribution in [3.8, 4) is 0 Å². The summed E-state index contributed by atoms with van der Waals surface area (Å²) in [6.45, 7) is 8.63. The molecule has 2 aromatic heterocycles. The molecular formula is C24H33BrN4O3S. The van der Waals surface area contributed by atoms with E-state index in [1.165, 1.54) is 30.6 Å². The maximum absolute atomic E-state index is 13.1. The number of hydrogen-bond acceptors (Lipinski definition) is 6. The SMILES string of the molecule is CC(C)(C)OC(=O)N(CC1CCC1)[C@@H]1CCCN(c2ccn(Cc3cnc(Br)s3)c(=O)c2)C1. The van der Waals surface area contributed by atoms with E-state index in [9.17, 15) is 9.59 Å². The summed E-state index contributed by atoms with van der Waals surface area (Å²) in [6, 6.07) is 3.80. The quantitative estimate of drug-likeness (QED) is 0.512. The van der Waals surface area contributed by atoms with Crippen molar-refractivity contribution in [2.45, 2.75) is 71.1 Å². The van der Waals surface area contributed by atoms with Crippen LogP contribution < -0.4 is 10.5 Å². The van der Waals surface area contributed by atoms with Crippen LogP contribution in [0.4, 0.5) is 10.5 Å². The van der Waals surface area contributed by atoms with Gasteiger partial charge in [-0.15, -0.1) is 11.3 Å². The lowest BCUT2D eigenvalue weighted by Crippen LogP contribution is -2.53. The Balaban J connectivity index is 1.47. The zero-order valence-electron chi connectivity index (χ0n) is 19.6. The third kappa shape index (κ3) is 6.38. The minimum absolute atomic E-state index is 0.0300. The highest BCUT2D eigenvalue weighted by Crippen LogP contribution is 2.30. The third-order valence-electron chi connectivity index (χ3n) is 6.34. The molecule has 2 aliphatic rings. The number of ether oxygens (including phenoxy) is 1. The van der Waals surface area contributed by atoms with Gasteiger partial charge >= 0.3 is 6.09 Å². The second-order valence-corrected chi connectivity index (χ2v) is 12.5. The van der Waals surface area contributed by atoms with E-state index < -0.39 is 5.60 Å². The highest BCUT2D eigenvalue weighted by atomic mass is 79.9. The van der Waals surface area contributed by atoms with Gasteiger partial charge in [-0.25, -0.2) is 9.78 Å². The molecular weight excluding hydrogens is 504 g/mol.